The minimum atomic E-state index is -0.451. The number of hydrogen-bond acceptors (Lipinski definition) is 3. The maximum atomic E-state index is 11.9. The predicted molar refractivity (Wildman–Crippen MR) is 66.2 cm³/mol. The molecule has 0 heterocycles. The van der Waals surface area contributed by atoms with Crippen molar-refractivity contribution in [1.82, 2.24) is 10.2 Å². The van der Waals surface area contributed by atoms with Gasteiger partial charge in [-0.2, -0.15) is 0 Å². The molecule has 0 aromatic heterocycles. The standard InChI is InChI=1S/C12H23N3O2/c1-8(12(17)15(2)3)14-11(16)9-4-6-10(13)7-5-9/h8-10H,4-7,13H2,1-3H3,(H,14,16). The monoisotopic (exact) mass is 241 g/mol. The van der Waals surface area contributed by atoms with Crippen molar-refractivity contribution in [3.05, 3.63) is 0 Å². The Hall–Kier alpha value is -1.10. The summed E-state index contributed by atoms with van der Waals surface area (Å²) in [6.07, 6.45) is 3.45. The quantitative estimate of drug-likeness (QED) is 0.735. The van der Waals surface area contributed by atoms with Crippen LogP contribution in [0.1, 0.15) is 32.6 Å². The fraction of sp³-hybridized carbons (Fsp3) is 0.833. The number of amides is 2. The van der Waals surface area contributed by atoms with Gasteiger partial charge in [-0.15, -0.1) is 0 Å². The van der Waals surface area contributed by atoms with Crippen molar-refractivity contribution in [2.45, 2.75) is 44.7 Å². The predicted octanol–water partition coefficient (Wildman–Crippen LogP) is 0.0968. The van der Waals surface area contributed by atoms with Gasteiger partial charge in [-0.1, -0.05) is 0 Å². The van der Waals surface area contributed by atoms with Crippen LogP contribution < -0.4 is 11.1 Å². The second-order valence-electron chi connectivity index (χ2n) is 5.07. The van der Waals surface area contributed by atoms with Gasteiger partial charge in [0.05, 0.1) is 0 Å². The first-order valence-electron chi connectivity index (χ1n) is 6.19. The van der Waals surface area contributed by atoms with Crippen LogP contribution in [0.25, 0.3) is 0 Å². The number of likely N-dealkylation sites (N-methyl/N-ethyl adjacent to an activating group) is 1. The molecule has 0 aromatic rings. The fourth-order valence-corrected chi connectivity index (χ4v) is 2.16. The van der Waals surface area contributed by atoms with E-state index in [9.17, 15) is 9.59 Å². The molecule has 3 N–H and O–H groups in total. The van der Waals surface area contributed by atoms with Crippen molar-refractivity contribution in [3.63, 3.8) is 0 Å². The number of nitrogens with two attached hydrogens (primary N) is 1. The van der Waals surface area contributed by atoms with Gasteiger partial charge in [0, 0.05) is 26.1 Å². The van der Waals surface area contributed by atoms with Gasteiger partial charge in [0.25, 0.3) is 0 Å². The Morgan fingerprint density at radius 1 is 1.24 bits per heavy atom. The summed E-state index contributed by atoms with van der Waals surface area (Å²) in [5.41, 5.74) is 5.79. The molecule has 1 saturated carbocycles. The number of carbonyl (C=O) groups excluding carboxylic acids is 2. The van der Waals surface area contributed by atoms with Crippen LogP contribution in [0.2, 0.25) is 0 Å². The van der Waals surface area contributed by atoms with Crippen LogP contribution in [0.15, 0.2) is 0 Å². The Morgan fingerprint density at radius 3 is 2.24 bits per heavy atom. The van der Waals surface area contributed by atoms with Gasteiger partial charge >= 0.3 is 0 Å². The van der Waals surface area contributed by atoms with E-state index in [1.54, 1.807) is 21.0 Å². The van der Waals surface area contributed by atoms with Crippen LogP contribution in [-0.2, 0) is 9.59 Å². The Bertz CT molecular complexity index is 283. The summed E-state index contributed by atoms with van der Waals surface area (Å²) < 4.78 is 0. The van der Waals surface area contributed by atoms with Gasteiger partial charge in [0.2, 0.25) is 11.8 Å². The smallest absolute Gasteiger partial charge is 0.244 e. The zero-order valence-corrected chi connectivity index (χ0v) is 10.9. The van der Waals surface area contributed by atoms with E-state index in [2.05, 4.69) is 5.32 Å². The topological polar surface area (TPSA) is 75.4 Å². The molecule has 98 valence electrons. The van der Waals surface area contributed by atoms with Gasteiger partial charge < -0.3 is 16.0 Å². The largest absolute Gasteiger partial charge is 0.347 e. The average molecular weight is 241 g/mol. The molecule has 1 unspecified atom stereocenters. The minimum absolute atomic E-state index is 0.0143. The summed E-state index contributed by atoms with van der Waals surface area (Å²) >= 11 is 0. The number of carbonyl (C=O) groups is 2. The van der Waals surface area contributed by atoms with E-state index in [0.717, 1.165) is 25.7 Å². The van der Waals surface area contributed by atoms with Crippen LogP contribution in [0.3, 0.4) is 0 Å². The fourth-order valence-electron chi connectivity index (χ4n) is 2.16. The van der Waals surface area contributed by atoms with Gasteiger partial charge in [-0.05, 0) is 32.6 Å². The normalized spacial score (nSPS) is 26.1. The first kappa shape index (κ1) is 14.0. The summed E-state index contributed by atoms with van der Waals surface area (Å²) in [6, 6.07) is -0.215. The van der Waals surface area contributed by atoms with Crippen LogP contribution in [-0.4, -0.2) is 42.9 Å². The van der Waals surface area contributed by atoms with E-state index in [1.165, 1.54) is 4.90 Å². The van der Waals surface area contributed by atoms with E-state index in [1.807, 2.05) is 0 Å². The highest BCUT2D eigenvalue weighted by molar-refractivity contribution is 5.87. The molecule has 0 aliphatic heterocycles. The third-order valence-electron chi connectivity index (χ3n) is 3.31. The third kappa shape index (κ3) is 4.00. The lowest BCUT2D eigenvalue weighted by Crippen LogP contribution is -2.47. The highest BCUT2D eigenvalue weighted by Crippen LogP contribution is 2.23. The highest BCUT2D eigenvalue weighted by Gasteiger charge is 2.26. The second-order valence-corrected chi connectivity index (χ2v) is 5.07. The molecule has 2 amide bonds. The minimum Gasteiger partial charge on any atom is -0.347 e. The Balaban J connectivity index is 2.41. The van der Waals surface area contributed by atoms with Crippen LogP contribution in [0.5, 0.6) is 0 Å². The number of nitrogens with one attached hydrogen (secondary N) is 1. The first-order chi connectivity index (χ1) is 7.91. The van der Waals surface area contributed by atoms with Crippen molar-refractivity contribution < 1.29 is 9.59 Å². The summed E-state index contributed by atoms with van der Waals surface area (Å²) in [7, 11) is 3.37. The molecule has 1 rings (SSSR count). The van der Waals surface area contributed by atoms with Crippen molar-refractivity contribution in [3.8, 4) is 0 Å². The zero-order valence-electron chi connectivity index (χ0n) is 10.9. The van der Waals surface area contributed by atoms with Crippen molar-refractivity contribution in [2.75, 3.05) is 14.1 Å². The van der Waals surface area contributed by atoms with Crippen molar-refractivity contribution in [2.24, 2.45) is 11.7 Å². The van der Waals surface area contributed by atoms with E-state index in [-0.39, 0.29) is 23.8 Å². The number of nitrogens with zero attached hydrogens (tertiary/aromatic N) is 1. The summed E-state index contributed by atoms with van der Waals surface area (Å²) in [5, 5.41) is 2.77. The SMILES string of the molecule is CC(NC(=O)C1CCC(N)CC1)C(=O)N(C)C. The molecule has 0 saturated heterocycles. The van der Waals surface area contributed by atoms with E-state index in [0.29, 0.717) is 0 Å². The van der Waals surface area contributed by atoms with Crippen LogP contribution >= 0.6 is 0 Å². The zero-order chi connectivity index (χ0) is 13.0. The molecule has 1 atom stereocenters. The van der Waals surface area contributed by atoms with Gasteiger partial charge in [0.1, 0.15) is 6.04 Å². The Kier molecular flexibility index (Phi) is 4.93. The summed E-state index contributed by atoms with van der Waals surface area (Å²) in [5.74, 6) is -0.0716. The molecule has 5 nitrogen and oxygen atoms in total. The lowest BCUT2D eigenvalue weighted by Gasteiger charge is -2.26. The third-order valence-corrected chi connectivity index (χ3v) is 3.31. The van der Waals surface area contributed by atoms with Crippen molar-refractivity contribution in [1.29, 1.82) is 0 Å². The average Bonchev–Trinajstić information content (AvgIpc) is 2.28. The number of hydrogen-bond donors (Lipinski definition) is 2. The molecule has 17 heavy (non-hydrogen) atoms. The Labute approximate surface area is 103 Å². The lowest BCUT2D eigenvalue weighted by molar-refractivity contribution is -0.135. The molecule has 0 aromatic carbocycles. The molecule has 1 aliphatic rings. The summed E-state index contributed by atoms with van der Waals surface area (Å²) in [6.45, 7) is 1.72. The number of rotatable bonds is 3. The van der Waals surface area contributed by atoms with E-state index >= 15 is 0 Å². The van der Waals surface area contributed by atoms with E-state index in [4.69, 9.17) is 5.73 Å². The summed E-state index contributed by atoms with van der Waals surface area (Å²) in [4.78, 5) is 25.0. The molecule has 0 spiro atoms. The second kappa shape index (κ2) is 6.00. The van der Waals surface area contributed by atoms with Gasteiger partial charge in [0.15, 0.2) is 0 Å². The maximum Gasteiger partial charge on any atom is 0.244 e. The molecule has 5 heteroatoms. The highest BCUT2D eigenvalue weighted by atomic mass is 16.2. The molecule has 0 radical (unpaired) electrons. The van der Waals surface area contributed by atoms with Crippen molar-refractivity contribution >= 4 is 11.8 Å². The lowest BCUT2D eigenvalue weighted by atomic mass is 9.86. The first-order valence-corrected chi connectivity index (χ1v) is 6.19. The molecule has 1 aliphatic carbocycles. The maximum absolute atomic E-state index is 11.9. The molecular weight excluding hydrogens is 218 g/mol. The molecular formula is C12H23N3O2. The molecule has 0 bridgehead atoms. The van der Waals surface area contributed by atoms with Crippen LogP contribution in [0, 0.1) is 5.92 Å². The Morgan fingerprint density at radius 2 is 1.76 bits per heavy atom. The van der Waals surface area contributed by atoms with E-state index < -0.39 is 6.04 Å². The van der Waals surface area contributed by atoms with Gasteiger partial charge in [-0.25, -0.2) is 0 Å². The van der Waals surface area contributed by atoms with Crippen LogP contribution in [0.4, 0.5) is 0 Å². The molecule has 1 fully saturated rings. The van der Waals surface area contributed by atoms with Gasteiger partial charge in [-0.3, -0.25) is 9.59 Å².